The number of aryl methyl sites for hydroxylation is 1. The predicted molar refractivity (Wildman–Crippen MR) is 67.9 cm³/mol. The van der Waals surface area contributed by atoms with E-state index in [0.29, 0.717) is 5.69 Å². The highest BCUT2D eigenvalue weighted by Crippen LogP contribution is 2.39. The topological polar surface area (TPSA) is 53.1 Å². The number of anilines is 1. The first-order chi connectivity index (χ1) is 8.94. The second kappa shape index (κ2) is 4.16. The molecule has 4 nitrogen and oxygen atoms in total. The lowest BCUT2D eigenvalue weighted by molar-refractivity contribution is -0.169. The third-order valence-electron chi connectivity index (χ3n) is 3.46. The summed E-state index contributed by atoms with van der Waals surface area (Å²) >= 11 is 0. The molecular weight excluding hydrogens is 252 g/mol. The van der Waals surface area contributed by atoms with E-state index < -0.39 is 5.92 Å². The number of rotatable bonds is 3. The Morgan fingerprint density at radius 1 is 1.47 bits per heavy atom. The number of nitrogens with two attached hydrogens (primary N) is 1. The van der Waals surface area contributed by atoms with Crippen molar-refractivity contribution in [3.05, 3.63) is 23.9 Å². The van der Waals surface area contributed by atoms with Crippen LogP contribution in [-0.4, -0.2) is 21.8 Å². The number of nitrogens with zero attached hydrogens (tertiary/aromatic N) is 2. The van der Waals surface area contributed by atoms with E-state index in [1.807, 2.05) is 19.2 Å². The molecule has 0 bridgehead atoms. The summed E-state index contributed by atoms with van der Waals surface area (Å²) in [6, 6.07) is 5.52. The number of hydrogen-bond acceptors (Lipinski definition) is 3. The Morgan fingerprint density at radius 3 is 2.89 bits per heavy atom. The second-order valence-electron chi connectivity index (χ2n) is 5.04. The maximum atomic E-state index is 12.7. The van der Waals surface area contributed by atoms with E-state index in [9.17, 15) is 8.78 Å². The Balaban J connectivity index is 1.76. The SMILES string of the molecule is Cn1nc(COC2CC(F)(F)C2)c2cc(N)ccc21. The van der Waals surface area contributed by atoms with Gasteiger partial charge in [-0.2, -0.15) is 5.10 Å². The van der Waals surface area contributed by atoms with E-state index in [4.69, 9.17) is 10.5 Å². The first kappa shape index (κ1) is 12.3. The van der Waals surface area contributed by atoms with Crippen LogP contribution in [-0.2, 0) is 18.4 Å². The number of nitrogen functional groups attached to an aromatic ring is 1. The number of ether oxygens (including phenoxy) is 1. The summed E-state index contributed by atoms with van der Waals surface area (Å²) in [4.78, 5) is 0. The zero-order valence-corrected chi connectivity index (χ0v) is 10.6. The van der Waals surface area contributed by atoms with Crippen molar-refractivity contribution in [3.8, 4) is 0 Å². The molecule has 1 aliphatic rings. The molecule has 1 fully saturated rings. The van der Waals surface area contributed by atoms with Crippen LogP contribution in [0.5, 0.6) is 0 Å². The fourth-order valence-electron chi connectivity index (χ4n) is 2.38. The van der Waals surface area contributed by atoms with Crippen molar-refractivity contribution >= 4 is 16.6 Å². The molecule has 1 aliphatic carbocycles. The van der Waals surface area contributed by atoms with E-state index in [2.05, 4.69) is 5.10 Å². The van der Waals surface area contributed by atoms with Crippen LogP contribution in [0.1, 0.15) is 18.5 Å². The molecule has 3 rings (SSSR count). The van der Waals surface area contributed by atoms with E-state index in [1.165, 1.54) is 0 Å². The summed E-state index contributed by atoms with van der Waals surface area (Å²) in [6.07, 6.45) is -0.757. The summed E-state index contributed by atoms with van der Waals surface area (Å²) in [5.41, 5.74) is 8.09. The lowest BCUT2D eigenvalue weighted by Crippen LogP contribution is -2.41. The highest BCUT2D eigenvalue weighted by molar-refractivity contribution is 5.84. The van der Waals surface area contributed by atoms with Crippen LogP contribution < -0.4 is 5.73 Å². The molecule has 2 aromatic rings. The number of fused-ring (bicyclic) bond motifs is 1. The van der Waals surface area contributed by atoms with Crippen LogP contribution in [0.3, 0.4) is 0 Å². The zero-order chi connectivity index (χ0) is 13.6. The normalized spacial score (nSPS) is 18.7. The minimum atomic E-state index is -2.55. The van der Waals surface area contributed by atoms with Gasteiger partial charge in [-0.25, -0.2) is 8.78 Å². The van der Waals surface area contributed by atoms with Gasteiger partial charge in [0.05, 0.1) is 23.9 Å². The highest BCUT2D eigenvalue weighted by atomic mass is 19.3. The molecule has 19 heavy (non-hydrogen) atoms. The Hall–Kier alpha value is -1.69. The van der Waals surface area contributed by atoms with Gasteiger partial charge < -0.3 is 10.5 Å². The van der Waals surface area contributed by atoms with E-state index in [0.717, 1.165) is 16.6 Å². The van der Waals surface area contributed by atoms with Gasteiger partial charge in [-0.3, -0.25) is 4.68 Å². The molecule has 1 aromatic carbocycles. The van der Waals surface area contributed by atoms with Gasteiger partial charge >= 0.3 is 0 Å². The van der Waals surface area contributed by atoms with Crippen molar-refractivity contribution in [1.82, 2.24) is 9.78 Å². The predicted octanol–water partition coefficient (Wildman–Crippen LogP) is 2.47. The van der Waals surface area contributed by atoms with Gasteiger partial charge in [0.2, 0.25) is 0 Å². The third-order valence-corrected chi connectivity index (χ3v) is 3.46. The summed E-state index contributed by atoms with van der Waals surface area (Å²) in [7, 11) is 1.83. The average molecular weight is 267 g/mol. The lowest BCUT2D eigenvalue weighted by Gasteiger charge is -2.34. The van der Waals surface area contributed by atoms with Crippen molar-refractivity contribution in [2.24, 2.45) is 7.05 Å². The Kier molecular flexibility index (Phi) is 2.70. The van der Waals surface area contributed by atoms with Crippen molar-refractivity contribution in [1.29, 1.82) is 0 Å². The molecular formula is C13H15F2N3O. The molecule has 1 saturated carbocycles. The molecule has 0 saturated heterocycles. The summed E-state index contributed by atoms with van der Waals surface area (Å²) < 4.78 is 32.6. The lowest BCUT2D eigenvalue weighted by atomic mass is 9.91. The molecule has 1 aromatic heterocycles. The van der Waals surface area contributed by atoms with Gasteiger partial charge in [0, 0.05) is 31.0 Å². The smallest absolute Gasteiger partial charge is 0.253 e. The van der Waals surface area contributed by atoms with E-state index in [1.54, 1.807) is 10.7 Å². The number of aromatic nitrogens is 2. The number of hydrogen-bond donors (Lipinski definition) is 1. The molecule has 0 unspecified atom stereocenters. The van der Waals surface area contributed by atoms with Gasteiger partial charge in [-0.15, -0.1) is 0 Å². The molecule has 0 spiro atoms. The maximum Gasteiger partial charge on any atom is 0.253 e. The van der Waals surface area contributed by atoms with E-state index in [-0.39, 0.29) is 25.6 Å². The second-order valence-corrected chi connectivity index (χ2v) is 5.04. The van der Waals surface area contributed by atoms with Crippen LogP contribution in [0.15, 0.2) is 18.2 Å². The van der Waals surface area contributed by atoms with Crippen LogP contribution >= 0.6 is 0 Å². The van der Waals surface area contributed by atoms with E-state index >= 15 is 0 Å². The molecule has 0 radical (unpaired) electrons. The maximum absolute atomic E-state index is 12.7. The molecule has 1 heterocycles. The average Bonchev–Trinajstić information content (AvgIpc) is 2.60. The van der Waals surface area contributed by atoms with Gasteiger partial charge in [0.25, 0.3) is 5.92 Å². The first-order valence-corrected chi connectivity index (χ1v) is 6.15. The largest absolute Gasteiger partial charge is 0.399 e. The van der Waals surface area contributed by atoms with Crippen molar-refractivity contribution in [2.45, 2.75) is 31.5 Å². The molecule has 102 valence electrons. The van der Waals surface area contributed by atoms with Gasteiger partial charge in [-0.05, 0) is 18.2 Å². The van der Waals surface area contributed by atoms with Crippen LogP contribution in [0.25, 0.3) is 10.9 Å². The fraction of sp³-hybridized carbons (Fsp3) is 0.462. The Morgan fingerprint density at radius 2 is 2.21 bits per heavy atom. The van der Waals surface area contributed by atoms with Crippen molar-refractivity contribution < 1.29 is 13.5 Å². The minimum absolute atomic E-state index is 0.195. The minimum Gasteiger partial charge on any atom is -0.399 e. The molecule has 6 heteroatoms. The first-order valence-electron chi connectivity index (χ1n) is 6.15. The van der Waals surface area contributed by atoms with Gasteiger partial charge in [-0.1, -0.05) is 0 Å². The standard InChI is InChI=1S/C13H15F2N3O/c1-18-12-3-2-8(16)4-10(12)11(17-18)7-19-9-5-13(14,15)6-9/h2-4,9H,5-7,16H2,1H3. The molecule has 0 amide bonds. The van der Waals surface area contributed by atoms with Crippen LogP contribution in [0.2, 0.25) is 0 Å². The Bertz CT molecular complexity index is 616. The summed E-state index contributed by atoms with van der Waals surface area (Å²) in [5, 5.41) is 5.26. The zero-order valence-electron chi connectivity index (χ0n) is 10.6. The number of alkyl halides is 2. The number of benzene rings is 1. The molecule has 0 aliphatic heterocycles. The highest BCUT2D eigenvalue weighted by Gasteiger charge is 2.46. The van der Waals surface area contributed by atoms with Crippen molar-refractivity contribution in [2.75, 3.05) is 5.73 Å². The van der Waals surface area contributed by atoms with Crippen molar-refractivity contribution in [3.63, 3.8) is 0 Å². The number of halogens is 2. The molecule has 2 N–H and O–H groups in total. The van der Waals surface area contributed by atoms with Gasteiger partial charge in [0.15, 0.2) is 0 Å². The molecule has 0 atom stereocenters. The third kappa shape index (κ3) is 2.28. The van der Waals surface area contributed by atoms with Crippen LogP contribution in [0.4, 0.5) is 14.5 Å². The van der Waals surface area contributed by atoms with Crippen LogP contribution in [0, 0.1) is 0 Å². The summed E-state index contributed by atoms with van der Waals surface area (Å²) in [6.45, 7) is 0.238. The Labute approximate surface area is 109 Å². The fourth-order valence-corrected chi connectivity index (χ4v) is 2.38. The summed E-state index contributed by atoms with van der Waals surface area (Å²) in [5.74, 6) is -2.55. The van der Waals surface area contributed by atoms with Gasteiger partial charge in [0.1, 0.15) is 0 Å². The monoisotopic (exact) mass is 267 g/mol. The quantitative estimate of drug-likeness (QED) is 0.869.